The molecule has 0 saturated carbocycles. The summed E-state index contributed by atoms with van der Waals surface area (Å²) >= 11 is 12.3. The molecule has 0 N–H and O–H groups in total. The van der Waals surface area contributed by atoms with Crippen LogP contribution in [0.1, 0.15) is 29.5 Å². The van der Waals surface area contributed by atoms with Crippen molar-refractivity contribution in [1.29, 1.82) is 0 Å². The van der Waals surface area contributed by atoms with Crippen LogP contribution in [0.4, 0.5) is 0 Å². The molecule has 3 aromatic rings. The lowest BCUT2D eigenvalue weighted by Gasteiger charge is -2.10. The second-order valence-corrected chi connectivity index (χ2v) is 6.05. The number of halogens is 2. The number of hydrogen-bond donors (Lipinski definition) is 0. The summed E-state index contributed by atoms with van der Waals surface area (Å²) in [5.41, 5.74) is 3.59. The van der Waals surface area contributed by atoms with E-state index in [0.29, 0.717) is 11.6 Å². The first kappa shape index (κ1) is 14.3. The van der Waals surface area contributed by atoms with Gasteiger partial charge in [0.2, 0.25) is 0 Å². The van der Waals surface area contributed by atoms with Gasteiger partial charge < -0.3 is 4.57 Å². The summed E-state index contributed by atoms with van der Waals surface area (Å²) in [4.78, 5) is 13.3. The average Bonchev–Trinajstić information content (AvgIpc) is 2.79. The lowest BCUT2D eigenvalue weighted by Crippen LogP contribution is -2.07. The van der Waals surface area contributed by atoms with Crippen molar-refractivity contribution in [2.45, 2.75) is 25.8 Å². The molecule has 0 radical (unpaired) electrons. The summed E-state index contributed by atoms with van der Waals surface area (Å²) in [7, 11) is 0. The van der Waals surface area contributed by atoms with E-state index in [1.165, 1.54) is 0 Å². The lowest BCUT2D eigenvalue weighted by molar-refractivity contribution is 0.722. The summed E-state index contributed by atoms with van der Waals surface area (Å²) in [5, 5.41) is 0.464. The third kappa shape index (κ3) is 2.87. The first-order valence-electron chi connectivity index (χ1n) is 6.62. The van der Waals surface area contributed by atoms with Gasteiger partial charge in [0.1, 0.15) is 5.82 Å². The molecule has 0 saturated heterocycles. The first-order chi connectivity index (χ1) is 10.0. The van der Waals surface area contributed by atoms with Gasteiger partial charge in [-0.05, 0) is 32.0 Å². The van der Waals surface area contributed by atoms with Crippen molar-refractivity contribution in [2.75, 3.05) is 0 Å². The Morgan fingerprint density at radius 2 is 2.05 bits per heavy atom. The Hall–Kier alpha value is -1.65. The van der Waals surface area contributed by atoms with E-state index in [4.69, 9.17) is 23.2 Å². The van der Waals surface area contributed by atoms with Crippen LogP contribution in [0.3, 0.4) is 0 Å². The minimum atomic E-state index is -0.199. The monoisotopic (exact) mass is 320 g/mol. The van der Waals surface area contributed by atoms with Crippen molar-refractivity contribution in [2.24, 2.45) is 0 Å². The summed E-state index contributed by atoms with van der Waals surface area (Å²) < 4.78 is 2.06. The zero-order valence-electron chi connectivity index (χ0n) is 11.7. The maximum absolute atomic E-state index is 6.26. The molecule has 2 aromatic heterocycles. The number of benzene rings is 1. The molecule has 2 heterocycles. The van der Waals surface area contributed by atoms with Crippen molar-refractivity contribution in [1.82, 2.24) is 19.5 Å². The van der Waals surface area contributed by atoms with E-state index >= 15 is 0 Å². The number of nitrogens with zero attached hydrogens (tertiary/aromatic N) is 4. The molecule has 108 valence electrons. The Kier molecular flexibility index (Phi) is 3.83. The van der Waals surface area contributed by atoms with Crippen molar-refractivity contribution in [3.05, 3.63) is 52.8 Å². The average molecular weight is 321 g/mol. The third-order valence-corrected chi connectivity index (χ3v) is 3.68. The summed E-state index contributed by atoms with van der Waals surface area (Å²) in [6.45, 7) is 4.40. The van der Waals surface area contributed by atoms with Crippen LogP contribution in [0.25, 0.3) is 11.0 Å². The number of aryl methyl sites for hydroxylation is 1. The van der Waals surface area contributed by atoms with Crippen LogP contribution in [0.2, 0.25) is 5.02 Å². The molecule has 1 atom stereocenters. The van der Waals surface area contributed by atoms with E-state index in [0.717, 1.165) is 28.2 Å². The topological polar surface area (TPSA) is 43.6 Å². The third-order valence-electron chi connectivity index (χ3n) is 3.25. The molecule has 1 aromatic carbocycles. The molecule has 3 rings (SSSR count). The minimum absolute atomic E-state index is 0.199. The Labute approximate surface area is 132 Å². The summed E-state index contributed by atoms with van der Waals surface area (Å²) in [6, 6.07) is 5.65. The molecule has 0 amide bonds. The largest absolute Gasteiger partial charge is 0.321 e. The van der Waals surface area contributed by atoms with Gasteiger partial charge in [-0.3, -0.25) is 9.97 Å². The normalized spacial score (nSPS) is 12.8. The molecule has 0 spiro atoms. The van der Waals surface area contributed by atoms with Crippen molar-refractivity contribution in [3.8, 4) is 0 Å². The predicted octanol–water partition coefficient (Wildman–Crippen LogP) is 4.14. The fourth-order valence-electron chi connectivity index (χ4n) is 2.25. The molecule has 4 nitrogen and oxygen atoms in total. The Bertz CT molecular complexity index is 778. The number of alkyl halides is 1. The van der Waals surface area contributed by atoms with Gasteiger partial charge in [0.25, 0.3) is 0 Å². The fraction of sp³-hybridized carbons (Fsp3) is 0.267. The summed E-state index contributed by atoms with van der Waals surface area (Å²) in [5.74, 6) is 0.802. The molecular weight excluding hydrogens is 307 g/mol. The minimum Gasteiger partial charge on any atom is -0.321 e. The standard InChI is InChI=1S/C15H14Cl2N4/c1-9-6-19-12(7-18-9)8-21-14-4-3-11(17)5-13(14)20-15(21)10(2)16/h3-7,10H,8H2,1-2H3. The molecular formula is C15H14Cl2N4. The summed E-state index contributed by atoms with van der Waals surface area (Å²) in [6.07, 6.45) is 3.54. The van der Waals surface area contributed by atoms with E-state index in [1.54, 1.807) is 12.4 Å². The van der Waals surface area contributed by atoms with Gasteiger partial charge in [-0.2, -0.15) is 0 Å². The Morgan fingerprint density at radius 1 is 1.24 bits per heavy atom. The Balaban J connectivity index is 2.10. The SMILES string of the molecule is Cc1cnc(Cn2c(C(C)Cl)nc3cc(Cl)ccc32)cn1. The maximum atomic E-state index is 6.26. The molecule has 21 heavy (non-hydrogen) atoms. The van der Waals surface area contributed by atoms with E-state index < -0.39 is 0 Å². The second kappa shape index (κ2) is 5.62. The smallest absolute Gasteiger partial charge is 0.128 e. The molecule has 0 bridgehead atoms. The van der Waals surface area contributed by atoms with Crippen LogP contribution >= 0.6 is 23.2 Å². The highest BCUT2D eigenvalue weighted by Crippen LogP contribution is 2.27. The van der Waals surface area contributed by atoms with Gasteiger partial charge in [-0.15, -0.1) is 11.6 Å². The number of hydrogen-bond acceptors (Lipinski definition) is 3. The first-order valence-corrected chi connectivity index (χ1v) is 7.43. The second-order valence-electron chi connectivity index (χ2n) is 4.95. The van der Waals surface area contributed by atoms with Crippen LogP contribution in [0.5, 0.6) is 0 Å². The van der Waals surface area contributed by atoms with E-state index in [1.807, 2.05) is 32.0 Å². The van der Waals surface area contributed by atoms with Gasteiger partial charge in [0.05, 0.1) is 40.5 Å². The van der Waals surface area contributed by atoms with E-state index in [9.17, 15) is 0 Å². The van der Waals surface area contributed by atoms with Gasteiger partial charge in [0.15, 0.2) is 0 Å². The molecule has 0 aliphatic rings. The maximum Gasteiger partial charge on any atom is 0.128 e. The van der Waals surface area contributed by atoms with Crippen molar-refractivity contribution < 1.29 is 0 Å². The van der Waals surface area contributed by atoms with Gasteiger partial charge in [-0.1, -0.05) is 11.6 Å². The molecule has 0 aliphatic heterocycles. The van der Waals surface area contributed by atoms with Gasteiger partial charge in [0, 0.05) is 11.2 Å². The van der Waals surface area contributed by atoms with Gasteiger partial charge >= 0.3 is 0 Å². The van der Waals surface area contributed by atoms with Crippen LogP contribution in [-0.4, -0.2) is 19.5 Å². The highest BCUT2D eigenvalue weighted by Gasteiger charge is 2.15. The van der Waals surface area contributed by atoms with Crippen LogP contribution in [0.15, 0.2) is 30.6 Å². The number of rotatable bonds is 3. The highest BCUT2D eigenvalue weighted by atomic mass is 35.5. The Morgan fingerprint density at radius 3 is 2.71 bits per heavy atom. The van der Waals surface area contributed by atoms with E-state index in [-0.39, 0.29) is 5.38 Å². The highest BCUT2D eigenvalue weighted by molar-refractivity contribution is 6.31. The lowest BCUT2D eigenvalue weighted by atomic mass is 10.3. The number of aromatic nitrogens is 4. The predicted molar refractivity (Wildman–Crippen MR) is 84.9 cm³/mol. The van der Waals surface area contributed by atoms with Crippen LogP contribution in [-0.2, 0) is 6.54 Å². The molecule has 0 fully saturated rings. The quantitative estimate of drug-likeness (QED) is 0.681. The van der Waals surface area contributed by atoms with Crippen molar-refractivity contribution in [3.63, 3.8) is 0 Å². The number of imidazole rings is 1. The van der Waals surface area contributed by atoms with Gasteiger partial charge in [-0.25, -0.2) is 4.98 Å². The molecule has 6 heteroatoms. The molecule has 0 aliphatic carbocycles. The number of fused-ring (bicyclic) bond motifs is 1. The van der Waals surface area contributed by atoms with Crippen LogP contribution in [0, 0.1) is 6.92 Å². The zero-order chi connectivity index (χ0) is 15.0. The van der Waals surface area contributed by atoms with Crippen LogP contribution < -0.4 is 0 Å². The van der Waals surface area contributed by atoms with E-state index in [2.05, 4.69) is 19.5 Å². The molecule has 1 unspecified atom stereocenters. The van der Waals surface area contributed by atoms with Crippen molar-refractivity contribution >= 4 is 34.2 Å². The fourth-order valence-corrected chi connectivity index (χ4v) is 2.59. The zero-order valence-corrected chi connectivity index (χ0v) is 13.2.